The topological polar surface area (TPSA) is 49.6 Å². The molecule has 3 aromatic rings. The predicted molar refractivity (Wildman–Crippen MR) is 105 cm³/mol. The lowest BCUT2D eigenvalue weighted by Gasteiger charge is -2.33. The fourth-order valence-corrected chi connectivity index (χ4v) is 3.86. The van der Waals surface area contributed by atoms with E-state index in [1.807, 2.05) is 17.0 Å². The Morgan fingerprint density at radius 1 is 1.07 bits per heavy atom. The van der Waals surface area contributed by atoms with E-state index >= 15 is 0 Å². The Labute approximate surface area is 166 Å². The monoisotopic (exact) mass is 397 g/mol. The van der Waals surface area contributed by atoms with Crippen molar-refractivity contribution in [3.63, 3.8) is 0 Å². The van der Waals surface area contributed by atoms with Crippen LogP contribution >= 0.6 is 0 Å². The number of hydrogen-bond acceptors (Lipinski definition) is 4. The van der Waals surface area contributed by atoms with Gasteiger partial charge in [0.05, 0.1) is 6.42 Å². The van der Waals surface area contributed by atoms with Crippen molar-refractivity contribution in [3.8, 4) is 0 Å². The summed E-state index contributed by atoms with van der Waals surface area (Å²) in [4.78, 5) is 20.7. The van der Waals surface area contributed by atoms with E-state index in [0.717, 1.165) is 18.4 Å². The molecule has 2 aliphatic rings. The van der Waals surface area contributed by atoms with Crippen LogP contribution in [0, 0.1) is 11.6 Å². The Kier molecular flexibility index (Phi) is 4.45. The number of carbonyl (C=O) groups excluding carboxylic acids is 1. The number of piperazine rings is 1. The van der Waals surface area contributed by atoms with Gasteiger partial charge in [-0.3, -0.25) is 4.79 Å². The Balaban J connectivity index is 1.20. The lowest BCUT2D eigenvalue weighted by atomic mass is 10.0. The summed E-state index contributed by atoms with van der Waals surface area (Å²) in [5.74, 6) is -0.205. The number of anilines is 1. The minimum Gasteiger partial charge on any atom is -0.423 e. The lowest BCUT2D eigenvalue weighted by Crippen LogP contribution is -2.49. The van der Waals surface area contributed by atoms with Gasteiger partial charge in [-0.15, -0.1) is 0 Å². The van der Waals surface area contributed by atoms with Gasteiger partial charge in [0.25, 0.3) is 6.01 Å². The van der Waals surface area contributed by atoms with Crippen LogP contribution in [-0.4, -0.2) is 42.0 Å². The molecule has 7 heteroatoms. The number of benzene rings is 2. The molecule has 0 bridgehead atoms. The molecule has 5 rings (SSSR count). The molecule has 0 radical (unpaired) electrons. The summed E-state index contributed by atoms with van der Waals surface area (Å²) in [6.07, 6.45) is 2.30. The zero-order chi connectivity index (χ0) is 20.0. The van der Waals surface area contributed by atoms with Crippen molar-refractivity contribution in [3.05, 3.63) is 59.2 Å². The minimum atomic E-state index is -0.352. The SMILES string of the molecule is O=C(Cc1ccc(C2CC2)c(F)c1)N1CCN(c2nc3cc(F)ccc3o2)CC1. The van der Waals surface area contributed by atoms with Crippen LogP contribution in [0.1, 0.15) is 29.9 Å². The van der Waals surface area contributed by atoms with Crippen molar-refractivity contribution in [1.29, 1.82) is 0 Å². The maximum atomic E-state index is 14.2. The summed E-state index contributed by atoms with van der Waals surface area (Å²) in [6, 6.07) is 9.87. The first-order valence-corrected chi connectivity index (χ1v) is 9.94. The Hall–Kier alpha value is -2.96. The number of oxazole rings is 1. The molecule has 1 saturated carbocycles. The predicted octanol–water partition coefficient (Wildman–Crippen LogP) is 3.87. The number of fused-ring (bicyclic) bond motifs is 1. The molecule has 0 N–H and O–H groups in total. The molecule has 0 spiro atoms. The van der Waals surface area contributed by atoms with E-state index in [4.69, 9.17) is 4.42 Å². The third kappa shape index (κ3) is 3.69. The smallest absolute Gasteiger partial charge is 0.298 e. The van der Waals surface area contributed by atoms with Crippen LogP contribution in [0.25, 0.3) is 11.1 Å². The summed E-state index contributed by atoms with van der Waals surface area (Å²) in [5.41, 5.74) is 2.50. The van der Waals surface area contributed by atoms with Crippen LogP contribution in [0.5, 0.6) is 0 Å². The number of nitrogens with zero attached hydrogens (tertiary/aromatic N) is 3. The Morgan fingerprint density at radius 2 is 1.86 bits per heavy atom. The Morgan fingerprint density at radius 3 is 2.59 bits per heavy atom. The highest BCUT2D eigenvalue weighted by Gasteiger charge is 2.27. The molecule has 1 aliphatic carbocycles. The molecule has 1 saturated heterocycles. The molecule has 1 aliphatic heterocycles. The molecular weight excluding hydrogens is 376 g/mol. The molecule has 2 heterocycles. The van der Waals surface area contributed by atoms with E-state index in [1.54, 1.807) is 11.0 Å². The van der Waals surface area contributed by atoms with Crippen LogP contribution < -0.4 is 4.90 Å². The van der Waals surface area contributed by atoms with E-state index in [-0.39, 0.29) is 24.0 Å². The minimum absolute atomic E-state index is 0.0112. The second kappa shape index (κ2) is 7.13. The van der Waals surface area contributed by atoms with Crippen molar-refractivity contribution in [2.24, 2.45) is 0 Å². The average molecular weight is 397 g/mol. The fraction of sp³-hybridized carbons (Fsp3) is 0.364. The van der Waals surface area contributed by atoms with Gasteiger partial charge in [0, 0.05) is 32.2 Å². The summed E-state index contributed by atoms with van der Waals surface area (Å²) < 4.78 is 33.3. The number of aromatic nitrogens is 1. The second-order valence-corrected chi connectivity index (χ2v) is 7.78. The molecule has 29 heavy (non-hydrogen) atoms. The van der Waals surface area contributed by atoms with Crippen LogP contribution in [0.4, 0.5) is 14.8 Å². The molecule has 2 aromatic carbocycles. The number of rotatable bonds is 4. The van der Waals surface area contributed by atoms with Gasteiger partial charge >= 0.3 is 0 Å². The maximum absolute atomic E-state index is 14.2. The van der Waals surface area contributed by atoms with Crippen LogP contribution in [0.3, 0.4) is 0 Å². The van der Waals surface area contributed by atoms with Gasteiger partial charge in [-0.1, -0.05) is 12.1 Å². The summed E-state index contributed by atoms with van der Waals surface area (Å²) in [7, 11) is 0. The first-order chi connectivity index (χ1) is 14.1. The molecule has 1 aromatic heterocycles. The van der Waals surface area contributed by atoms with Gasteiger partial charge in [0.1, 0.15) is 17.2 Å². The van der Waals surface area contributed by atoms with E-state index in [0.29, 0.717) is 54.8 Å². The van der Waals surface area contributed by atoms with E-state index < -0.39 is 0 Å². The van der Waals surface area contributed by atoms with Crippen molar-refractivity contribution < 1.29 is 18.0 Å². The molecular formula is C22H21F2N3O2. The lowest BCUT2D eigenvalue weighted by molar-refractivity contribution is -0.130. The molecule has 5 nitrogen and oxygen atoms in total. The summed E-state index contributed by atoms with van der Waals surface area (Å²) >= 11 is 0. The van der Waals surface area contributed by atoms with Crippen LogP contribution in [0.2, 0.25) is 0 Å². The van der Waals surface area contributed by atoms with Gasteiger partial charge in [0.15, 0.2) is 5.58 Å². The first kappa shape index (κ1) is 18.1. The third-order valence-corrected chi connectivity index (χ3v) is 5.68. The normalized spacial score (nSPS) is 17.2. The number of carbonyl (C=O) groups is 1. The van der Waals surface area contributed by atoms with E-state index in [2.05, 4.69) is 4.98 Å². The highest BCUT2D eigenvalue weighted by Crippen LogP contribution is 2.41. The zero-order valence-corrected chi connectivity index (χ0v) is 15.9. The molecule has 150 valence electrons. The third-order valence-electron chi connectivity index (χ3n) is 5.68. The van der Waals surface area contributed by atoms with Crippen molar-refractivity contribution in [2.45, 2.75) is 25.2 Å². The fourth-order valence-electron chi connectivity index (χ4n) is 3.86. The van der Waals surface area contributed by atoms with Gasteiger partial charge < -0.3 is 14.2 Å². The maximum Gasteiger partial charge on any atom is 0.298 e. The van der Waals surface area contributed by atoms with Gasteiger partial charge in [-0.2, -0.15) is 4.98 Å². The standard InChI is InChI=1S/C22H21F2N3O2/c23-16-4-6-20-19(13-16)25-22(29-20)27-9-7-26(8-10-27)21(28)12-14-1-5-17(15-2-3-15)18(24)11-14/h1,4-6,11,13,15H,2-3,7-10,12H2. The highest BCUT2D eigenvalue weighted by atomic mass is 19.1. The Bertz CT molecular complexity index is 1070. The highest BCUT2D eigenvalue weighted by molar-refractivity contribution is 5.79. The van der Waals surface area contributed by atoms with Crippen LogP contribution in [-0.2, 0) is 11.2 Å². The van der Waals surface area contributed by atoms with Gasteiger partial charge in [-0.25, -0.2) is 8.78 Å². The number of halogens is 2. The second-order valence-electron chi connectivity index (χ2n) is 7.78. The molecule has 2 fully saturated rings. The average Bonchev–Trinajstić information content (AvgIpc) is 3.46. The summed E-state index contributed by atoms with van der Waals surface area (Å²) in [6.45, 7) is 2.23. The largest absolute Gasteiger partial charge is 0.423 e. The van der Waals surface area contributed by atoms with Gasteiger partial charge in [-0.05, 0) is 48.1 Å². The van der Waals surface area contributed by atoms with Crippen molar-refractivity contribution >= 4 is 23.0 Å². The van der Waals surface area contributed by atoms with Gasteiger partial charge in [0.2, 0.25) is 5.91 Å². The molecule has 0 unspecified atom stereocenters. The number of hydrogen-bond donors (Lipinski definition) is 0. The quantitative estimate of drug-likeness (QED) is 0.671. The molecule has 0 atom stereocenters. The van der Waals surface area contributed by atoms with Crippen molar-refractivity contribution in [1.82, 2.24) is 9.88 Å². The first-order valence-electron chi connectivity index (χ1n) is 9.94. The molecule has 1 amide bonds. The van der Waals surface area contributed by atoms with Crippen molar-refractivity contribution in [2.75, 3.05) is 31.1 Å². The van der Waals surface area contributed by atoms with E-state index in [9.17, 15) is 13.6 Å². The van der Waals surface area contributed by atoms with Crippen LogP contribution in [0.15, 0.2) is 40.8 Å². The van der Waals surface area contributed by atoms with E-state index in [1.165, 1.54) is 18.2 Å². The summed E-state index contributed by atoms with van der Waals surface area (Å²) in [5, 5.41) is 0. The zero-order valence-electron chi connectivity index (χ0n) is 15.9. The number of amides is 1.